The summed E-state index contributed by atoms with van der Waals surface area (Å²) in [5.41, 5.74) is 2.92. The van der Waals surface area contributed by atoms with Crippen molar-refractivity contribution < 1.29 is 13.9 Å². The number of fused-ring (bicyclic) bond motifs is 1. The van der Waals surface area contributed by atoms with Crippen molar-refractivity contribution in [2.24, 2.45) is 5.92 Å². The number of nitrogens with one attached hydrogen (secondary N) is 1. The molecule has 1 aliphatic heterocycles. The highest BCUT2D eigenvalue weighted by Gasteiger charge is 2.23. The summed E-state index contributed by atoms with van der Waals surface area (Å²) < 4.78 is 12.8. The second-order valence-corrected chi connectivity index (χ2v) is 6.43. The molecule has 0 spiro atoms. The molecule has 4 heterocycles. The molecular formula is C16H16N4O3S. The number of nitrogens with zero attached hydrogens (tertiary/aromatic N) is 3. The predicted octanol–water partition coefficient (Wildman–Crippen LogP) is 2.18. The third-order valence-corrected chi connectivity index (χ3v) is 4.64. The first-order valence-electron chi connectivity index (χ1n) is 7.65. The van der Waals surface area contributed by atoms with E-state index in [2.05, 4.69) is 21.0 Å². The summed E-state index contributed by atoms with van der Waals surface area (Å²) in [5.74, 6) is 0.218. The molecular weight excluding hydrogens is 328 g/mol. The molecule has 0 bridgehead atoms. The first-order valence-corrected chi connectivity index (χ1v) is 8.60. The van der Waals surface area contributed by atoms with Gasteiger partial charge in [-0.1, -0.05) is 5.21 Å². The molecule has 0 saturated heterocycles. The van der Waals surface area contributed by atoms with Crippen LogP contribution in [0.3, 0.4) is 0 Å². The Kier molecular flexibility index (Phi) is 4.14. The number of carbonyl (C=O) groups excluding carboxylic acids is 1. The van der Waals surface area contributed by atoms with E-state index < -0.39 is 0 Å². The van der Waals surface area contributed by atoms with Crippen molar-refractivity contribution >= 4 is 17.2 Å². The van der Waals surface area contributed by atoms with Crippen LogP contribution in [0.25, 0.3) is 11.3 Å². The Morgan fingerprint density at radius 3 is 3.21 bits per heavy atom. The van der Waals surface area contributed by atoms with Gasteiger partial charge in [-0.05, 0) is 23.6 Å². The van der Waals surface area contributed by atoms with Crippen molar-refractivity contribution in [1.29, 1.82) is 0 Å². The molecule has 4 rings (SSSR count). The van der Waals surface area contributed by atoms with Gasteiger partial charge >= 0.3 is 0 Å². The Bertz CT molecular complexity index is 811. The van der Waals surface area contributed by atoms with Gasteiger partial charge in [-0.3, -0.25) is 4.79 Å². The smallest absolute Gasteiger partial charge is 0.286 e. The molecule has 1 amide bonds. The zero-order chi connectivity index (χ0) is 16.4. The fourth-order valence-corrected chi connectivity index (χ4v) is 3.36. The van der Waals surface area contributed by atoms with Crippen LogP contribution in [0.15, 0.2) is 39.6 Å². The quantitative estimate of drug-likeness (QED) is 0.784. The monoisotopic (exact) mass is 344 g/mol. The van der Waals surface area contributed by atoms with Crippen LogP contribution in [0.2, 0.25) is 0 Å². The topological polar surface area (TPSA) is 82.2 Å². The average molecular weight is 344 g/mol. The maximum atomic E-state index is 12.0. The van der Waals surface area contributed by atoms with E-state index in [-0.39, 0.29) is 11.8 Å². The number of furan rings is 1. The Labute approximate surface area is 142 Å². The first kappa shape index (κ1) is 15.1. The Balaban J connectivity index is 1.44. The number of thiophene rings is 1. The number of rotatable bonds is 4. The fraction of sp³-hybridized carbons (Fsp3) is 0.312. The second kappa shape index (κ2) is 6.58. The average Bonchev–Trinajstić information content (AvgIpc) is 3.32. The standard InChI is InChI=1S/C16H16N4O3S/c21-16(14-2-1-4-23-14)17-6-11-7-20-13(9-22-8-11)15(18-19-20)12-3-5-24-10-12/h1-5,10-11H,6-9H2,(H,17,21). The van der Waals surface area contributed by atoms with Crippen LogP contribution in [-0.4, -0.2) is 34.1 Å². The molecule has 0 aromatic carbocycles. The minimum Gasteiger partial charge on any atom is -0.459 e. The Hall–Kier alpha value is -2.45. The maximum Gasteiger partial charge on any atom is 0.286 e. The van der Waals surface area contributed by atoms with E-state index in [9.17, 15) is 4.79 Å². The SMILES string of the molecule is O=C(NCC1COCc2c(-c3ccsc3)nnn2C1)c1ccco1. The number of hydrogen-bond acceptors (Lipinski definition) is 6. The minimum atomic E-state index is -0.220. The largest absolute Gasteiger partial charge is 0.459 e. The molecule has 3 aromatic rings. The summed E-state index contributed by atoms with van der Waals surface area (Å²) in [6, 6.07) is 5.36. The van der Waals surface area contributed by atoms with E-state index >= 15 is 0 Å². The van der Waals surface area contributed by atoms with Crippen LogP contribution in [0.1, 0.15) is 16.2 Å². The highest BCUT2D eigenvalue weighted by Crippen LogP contribution is 2.26. The summed E-state index contributed by atoms with van der Waals surface area (Å²) in [6.45, 7) is 2.18. The van der Waals surface area contributed by atoms with E-state index in [1.807, 2.05) is 16.1 Å². The maximum absolute atomic E-state index is 12.0. The number of ether oxygens (including phenoxy) is 1. The zero-order valence-electron chi connectivity index (χ0n) is 12.8. The lowest BCUT2D eigenvalue weighted by Crippen LogP contribution is -2.32. The molecule has 24 heavy (non-hydrogen) atoms. The van der Waals surface area contributed by atoms with Crippen molar-refractivity contribution in [3.63, 3.8) is 0 Å². The van der Waals surface area contributed by atoms with Crippen molar-refractivity contribution in [3.05, 3.63) is 46.7 Å². The van der Waals surface area contributed by atoms with Crippen LogP contribution in [-0.2, 0) is 17.9 Å². The van der Waals surface area contributed by atoms with Gasteiger partial charge in [0.2, 0.25) is 0 Å². The van der Waals surface area contributed by atoms with Crippen LogP contribution in [0, 0.1) is 5.92 Å². The van der Waals surface area contributed by atoms with Gasteiger partial charge in [-0.2, -0.15) is 11.3 Å². The Morgan fingerprint density at radius 1 is 1.46 bits per heavy atom. The third-order valence-electron chi connectivity index (χ3n) is 3.95. The van der Waals surface area contributed by atoms with Gasteiger partial charge < -0.3 is 14.5 Å². The van der Waals surface area contributed by atoms with Crippen LogP contribution >= 0.6 is 11.3 Å². The van der Waals surface area contributed by atoms with Crippen LogP contribution in [0.4, 0.5) is 0 Å². The van der Waals surface area contributed by atoms with Gasteiger partial charge in [0, 0.05) is 30.0 Å². The summed E-state index contributed by atoms with van der Waals surface area (Å²) >= 11 is 1.63. The lowest BCUT2D eigenvalue weighted by Gasteiger charge is -2.14. The number of aromatic nitrogens is 3. The predicted molar refractivity (Wildman–Crippen MR) is 87.5 cm³/mol. The fourth-order valence-electron chi connectivity index (χ4n) is 2.72. The number of hydrogen-bond donors (Lipinski definition) is 1. The van der Waals surface area contributed by atoms with Crippen molar-refractivity contribution in [2.45, 2.75) is 13.2 Å². The highest BCUT2D eigenvalue weighted by molar-refractivity contribution is 7.08. The van der Waals surface area contributed by atoms with Gasteiger partial charge in [0.05, 0.1) is 25.2 Å². The molecule has 3 aromatic heterocycles. The van der Waals surface area contributed by atoms with E-state index in [0.717, 1.165) is 17.0 Å². The van der Waals surface area contributed by atoms with Gasteiger partial charge in [-0.15, -0.1) is 5.10 Å². The second-order valence-electron chi connectivity index (χ2n) is 5.65. The summed E-state index contributed by atoms with van der Waals surface area (Å²) in [7, 11) is 0. The third kappa shape index (κ3) is 2.98. The molecule has 124 valence electrons. The molecule has 8 heteroatoms. The Morgan fingerprint density at radius 2 is 2.42 bits per heavy atom. The zero-order valence-corrected chi connectivity index (χ0v) is 13.7. The van der Waals surface area contributed by atoms with Crippen LogP contribution in [0.5, 0.6) is 0 Å². The molecule has 0 aliphatic carbocycles. The minimum absolute atomic E-state index is 0.127. The van der Waals surface area contributed by atoms with E-state index in [1.165, 1.54) is 6.26 Å². The van der Waals surface area contributed by atoms with E-state index in [0.29, 0.717) is 32.1 Å². The van der Waals surface area contributed by atoms with Crippen LogP contribution < -0.4 is 5.32 Å². The van der Waals surface area contributed by atoms with Gasteiger partial charge in [0.1, 0.15) is 5.69 Å². The van der Waals surface area contributed by atoms with Gasteiger partial charge in [0.25, 0.3) is 5.91 Å². The molecule has 1 unspecified atom stereocenters. The molecule has 1 N–H and O–H groups in total. The molecule has 7 nitrogen and oxygen atoms in total. The molecule has 0 radical (unpaired) electrons. The number of amides is 1. The lowest BCUT2D eigenvalue weighted by atomic mass is 10.1. The number of carbonyl (C=O) groups is 1. The molecule has 0 fully saturated rings. The van der Waals surface area contributed by atoms with E-state index in [1.54, 1.807) is 23.5 Å². The van der Waals surface area contributed by atoms with Gasteiger partial charge in [-0.25, -0.2) is 4.68 Å². The molecule has 1 atom stereocenters. The summed E-state index contributed by atoms with van der Waals surface area (Å²) in [4.78, 5) is 12.0. The first-order chi connectivity index (χ1) is 11.8. The molecule has 0 saturated carbocycles. The van der Waals surface area contributed by atoms with Gasteiger partial charge in [0.15, 0.2) is 5.76 Å². The van der Waals surface area contributed by atoms with E-state index in [4.69, 9.17) is 9.15 Å². The highest BCUT2D eigenvalue weighted by atomic mass is 32.1. The molecule has 1 aliphatic rings. The normalized spacial score (nSPS) is 17.2. The summed E-state index contributed by atoms with van der Waals surface area (Å²) in [6.07, 6.45) is 1.48. The lowest BCUT2D eigenvalue weighted by molar-refractivity contribution is 0.0835. The van der Waals surface area contributed by atoms with Crippen molar-refractivity contribution in [3.8, 4) is 11.3 Å². The van der Waals surface area contributed by atoms with Crippen molar-refractivity contribution in [2.75, 3.05) is 13.2 Å². The van der Waals surface area contributed by atoms with Crippen molar-refractivity contribution in [1.82, 2.24) is 20.3 Å². The summed E-state index contributed by atoms with van der Waals surface area (Å²) in [5, 5.41) is 15.5.